The number of esters is 1. The minimum atomic E-state index is -1.60. The van der Waals surface area contributed by atoms with Gasteiger partial charge >= 0.3 is 11.9 Å². The fraction of sp³-hybridized carbons (Fsp3) is 0.286. The lowest BCUT2D eigenvalue weighted by Crippen LogP contribution is -2.51. The molecule has 2 aliphatic rings. The van der Waals surface area contributed by atoms with E-state index < -0.39 is 41.5 Å². The van der Waals surface area contributed by atoms with Gasteiger partial charge in [-0.2, -0.15) is 0 Å². The monoisotopic (exact) mass is 313 g/mol. The maximum atomic E-state index is 13.4. The molecule has 116 valence electrons. The third kappa shape index (κ3) is 2.11. The van der Waals surface area contributed by atoms with Crippen molar-refractivity contribution in [1.82, 2.24) is 4.90 Å². The first-order chi connectivity index (χ1) is 10.4. The van der Waals surface area contributed by atoms with Gasteiger partial charge in [-0.1, -0.05) is 0 Å². The van der Waals surface area contributed by atoms with E-state index in [4.69, 9.17) is 9.47 Å². The molecule has 0 bridgehead atoms. The zero-order valence-electron chi connectivity index (χ0n) is 11.3. The fourth-order valence-corrected chi connectivity index (χ4v) is 2.47. The van der Waals surface area contributed by atoms with Crippen LogP contribution in [0.1, 0.15) is 18.5 Å². The van der Waals surface area contributed by atoms with E-state index >= 15 is 0 Å². The van der Waals surface area contributed by atoms with Gasteiger partial charge < -0.3 is 9.47 Å². The summed E-state index contributed by atoms with van der Waals surface area (Å²) >= 11 is 0. The number of hydrogen-bond donors (Lipinski definition) is 0. The Morgan fingerprint density at radius 1 is 1.18 bits per heavy atom. The number of morpholine rings is 1. The zero-order chi connectivity index (χ0) is 16.0. The highest BCUT2D eigenvalue weighted by Crippen LogP contribution is 2.35. The van der Waals surface area contributed by atoms with Crippen LogP contribution in [0.3, 0.4) is 0 Å². The predicted octanol–water partition coefficient (Wildman–Crippen LogP) is 1.79. The average Bonchev–Trinajstić information content (AvgIpc) is 2.49. The first-order valence-corrected chi connectivity index (χ1v) is 6.40. The van der Waals surface area contributed by atoms with E-state index in [2.05, 4.69) is 0 Å². The van der Waals surface area contributed by atoms with Crippen molar-refractivity contribution in [3.8, 4) is 0 Å². The molecular formula is C14H10F3NO4. The Morgan fingerprint density at radius 2 is 1.82 bits per heavy atom. The van der Waals surface area contributed by atoms with Gasteiger partial charge in [-0.05, 0) is 24.6 Å². The maximum Gasteiger partial charge on any atom is 0.398 e. The van der Waals surface area contributed by atoms with E-state index in [0.717, 1.165) is 17.0 Å². The highest BCUT2D eigenvalue weighted by Gasteiger charge is 2.43. The average molecular weight is 313 g/mol. The van der Waals surface area contributed by atoms with Crippen LogP contribution in [0.4, 0.5) is 13.2 Å². The van der Waals surface area contributed by atoms with Crippen molar-refractivity contribution in [2.24, 2.45) is 0 Å². The molecule has 1 amide bonds. The standard InChI is InChI=1S/C14H10F3NO4/c1-6-10-4-21-5-11(18(10)13(19)14(20)22-6)7-2-8(15)12(17)9(16)3-7/h2-4,6,11H,5H2,1H3/t6-,11-/m0/s1. The number of carbonyl (C=O) groups excluding carboxylic acids is 2. The summed E-state index contributed by atoms with van der Waals surface area (Å²) in [6.45, 7) is 1.40. The molecule has 0 aromatic heterocycles. The third-order valence-electron chi connectivity index (χ3n) is 3.53. The van der Waals surface area contributed by atoms with Gasteiger partial charge in [0, 0.05) is 0 Å². The van der Waals surface area contributed by atoms with Gasteiger partial charge in [0.1, 0.15) is 19.0 Å². The predicted molar refractivity (Wildman–Crippen MR) is 65.5 cm³/mol. The summed E-state index contributed by atoms with van der Waals surface area (Å²) in [5, 5.41) is 0. The minimum absolute atomic E-state index is 0.0164. The van der Waals surface area contributed by atoms with Crippen molar-refractivity contribution < 1.29 is 32.2 Å². The molecule has 22 heavy (non-hydrogen) atoms. The quantitative estimate of drug-likeness (QED) is 0.451. The number of amides is 1. The summed E-state index contributed by atoms with van der Waals surface area (Å²) in [6.07, 6.45) is 0.505. The van der Waals surface area contributed by atoms with Crippen molar-refractivity contribution in [1.29, 1.82) is 0 Å². The summed E-state index contributed by atoms with van der Waals surface area (Å²) in [5.74, 6) is -6.41. The maximum absolute atomic E-state index is 13.4. The Labute approximate surface area is 122 Å². The number of fused-ring (bicyclic) bond motifs is 1. The Hall–Kier alpha value is -2.51. The van der Waals surface area contributed by atoms with Crippen molar-refractivity contribution in [3.63, 3.8) is 0 Å². The molecule has 1 aromatic rings. The second kappa shape index (κ2) is 5.04. The Morgan fingerprint density at radius 3 is 2.45 bits per heavy atom. The summed E-state index contributed by atoms with van der Waals surface area (Å²) in [4.78, 5) is 24.6. The molecular weight excluding hydrogens is 303 g/mol. The van der Waals surface area contributed by atoms with Crippen LogP contribution in [0.15, 0.2) is 24.1 Å². The molecule has 1 saturated heterocycles. The summed E-state index contributed by atoms with van der Waals surface area (Å²) < 4.78 is 49.9. The lowest BCUT2D eigenvalue weighted by atomic mass is 10.0. The highest BCUT2D eigenvalue weighted by molar-refractivity contribution is 6.33. The third-order valence-corrected chi connectivity index (χ3v) is 3.53. The molecule has 0 radical (unpaired) electrons. The number of cyclic esters (lactones) is 1. The number of hydrogen-bond acceptors (Lipinski definition) is 4. The summed E-state index contributed by atoms with van der Waals surface area (Å²) in [6, 6.07) is 0.591. The second-order valence-electron chi connectivity index (χ2n) is 4.91. The van der Waals surface area contributed by atoms with Gasteiger partial charge in [0.25, 0.3) is 0 Å². The van der Waals surface area contributed by atoms with Gasteiger partial charge in [0.2, 0.25) is 0 Å². The zero-order valence-corrected chi connectivity index (χ0v) is 11.3. The summed E-state index contributed by atoms with van der Waals surface area (Å²) in [7, 11) is 0. The molecule has 1 fully saturated rings. The summed E-state index contributed by atoms with van der Waals surface area (Å²) in [5.41, 5.74) is 0.239. The Kier molecular flexibility index (Phi) is 3.31. The van der Waals surface area contributed by atoms with Crippen LogP contribution >= 0.6 is 0 Å². The molecule has 0 N–H and O–H groups in total. The SMILES string of the molecule is C[C@@H]1OC(=O)C(=O)N2C1=COC[C@H]2c1cc(F)c(F)c(F)c1. The van der Waals surface area contributed by atoms with Gasteiger partial charge in [0.05, 0.1) is 11.7 Å². The van der Waals surface area contributed by atoms with Gasteiger partial charge in [-0.3, -0.25) is 9.69 Å². The highest BCUT2D eigenvalue weighted by atomic mass is 19.2. The molecule has 1 aromatic carbocycles. The van der Waals surface area contributed by atoms with E-state index in [1.54, 1.807) is 0 Å². The van der Waals surface area contributed by atoms with Crippen molar-refractivity contribution in [3.05, 3.63) is 47.1 Å². The minimum Gasteiger partial charge on any atom is -0.497 e. The van der Waals surface area contributed by atoms with Crippen LogP contribution in [0.25, 0.3) is 0 Å². The Balaban J connectivity index is 2.06. The second-order valence-corrected chi connectivity index (χ2v) is 4.91. The molecule has 2 atom stereocenters. The van der Waals surface area contributed by atoms with Crippen LogP contribution in [0.5, 0.6) is 0 Å². The van der Waals surface area contributed by atoms with E-state index in [9.17, 15) is 22.8 Å². The molecule has 3 rings (SSSR count). The molecule has 0 aliphatic carbocycles. The van der Waals surface area contributed by atoms with Crippen molar-refractivity contribution in [2.45, 2.75) is 19.1 Å². The number of carbonyl (C=O) groups is 2. The number of halogens is 3. The van der Waals surface area contributed by atoms with Crippen LogP contribution in [-0.4, -0.2) is 29.5 Å². The fourth-order valence-electron chi connectivity index (χ4n) is 2.47. The normalized spacial score (nSPS) is 24.4. The topological polar surface area (TPSA) is 55.8 Å². The molecule has 0 spiro atoms. The van der Waals surface area contributed by atoms with Crippen LogP contribution in [-0.2, 0) is 19.1 Å². The largest absolute Gasteiger partial charge is 0.497 e. The smallest absolute Gasteiger partial charge is 0.398 e. The van der Waals surface area contributed by atoms with Gasteiger partial charge in [-0.15, -0.1) is 0 Å². The lowest BCUT2D eigenvalue weighted by Gasteiger charge is -2.40. The van der Waals surface area contributed by atoms with Crippen molar-refractivity contribution >= 4 is 11.9 Å². The molecule has 2 heterocycles. The first kappa shape index (κ1) is 14.4. The first-order valence-electron chi connectivity index (χ1n) is 6.40. The van der Waals surface area contributed by atoms with Gasteiger partial charge in [0.15, 0.2) is 17.5 Å². The Bertz CT molecular complexity index is 680. The molecule has 5 nitrogen and oxygen atoms in total. The van der Waals surface area contributed by atoms with E-state index in [-0.39, 0.29) is 17.9 Å². The van der Waals surface area contributed by atoms with Crippen LogP contribution in [0, 0.1) is 17.5 Å². The van der Waals surface area contributed by atoms with E-state index in [0.29, 0.717) is 0 Å². The van der Waals surface area contributed by atoms with Crippen LogP contribution < -0.4 is 0 Å². The number of rotatable bonds is 1. The van der Waals surface area contributed by atoms with Crippen LogP contribution in [0.2, 0.25) is 0 Å². The van der Waals surface area contributed by atoms with E-state index in [1.165, 1.54) is 13.2 Å². The number of benzene rings is 1. The number of ether oxygens (including phenoxy) is 2. The molecule has 2 aliphatic heterocycles. The molecule has 8 heteroatoms. The lowest BCUT2D eigenvalue weighted by molar-refractivity contribution is -0.171. The molecule has 0 saturated carbocycles. The van der Waals surface area contributed by atoms with Crippen molar-refractivity contribution in [2.75, 3.05) is 6.61 Å². The number of nitrogens with zero attached hydrogens (tertiary/aromatic N) is 1. The van der Waals surface area contributed by atoms with Gasteiger partial charge in [-0.25, -0.2) is 18.0 Å². The van der Waals surface area contributed by atoms with E-state index in [1.807, 2.05) is 0 Å². The molecule has 0 unspecified atom stereocenters.